The lowest BCUT2D eigenvalue weighted by Crippen LogP contribution is -2.42. The molecule has 7 nitrogen and oxygen atoms in total. The number of thioether (sulfide) groups is 1. The Hall–Kier alpha value is -3.17. The smallest absolute Gasteiger partial charge is 0.240 e. The number of carbonyl (C=O) groups is 2. The van der Waals surface area contributed by atoms with E-state index in [1.54, 1.807) is 24.1 Å². The minimum Gasteiger partial charge on any atom is -0.385 e. The number of ether oxygens (including phenoxy) is 1. The standard InChI is InChI=1S/C29H35FN4O3S/c1-19-9-6-7-10-22(19)34-28-25(27(32-34)29(2,3)4)26(20-11-13-21(30)14-12-20)38-18-24(36)33(28)17-23(35)31-15-8-16-37-5/h6-7,9-14,26H,8,15-18H2,1-5H3,(H,31,35). The summed E-state index contributed by atoms with van der Waals surface area (Å²) in [7, 11) is 1.62. The van der Waals surface area contributed by atoms with E-state index < -0.39 is 0 Å². The van der Waals surface area contributed by atoms with Crippen molar-refractivity contribution in [2.24, 2.45) is 0 Å². The van der Waals surface area contributed by atoms with Gasteiger partial charge < -0.3 is 10.1 Å². The van der Waals surface area contributed by atoms with Gasteiger partial charge in [-0.25, -0.2) is 9.07 Å². The van der Waals surface area contributed by atoms with E-state index in [-0.39, 0.29) is 40.6 Å². The zero-order chi connectivity index (χ0) is 27.4. The molecule has 202 valence electrons. The molecule has 0 fully saturated rings. The summed E-state index contributed by atoms with van der Waals surface area (Å²) in [5, 5.41) is 7.73. The number of aromatic nitrogens is 2. The number of nitrogens with one attached hydrogen (secondary N) is 1. The summed E-state index contributed by atoms with van der Waals surface area (Å²) in [4.78, 5) is 28.2. The van der Waals surface area contributed by atoms with Crippen LogP contribution in [0.2, 0.25) is 0 Å². The number of nitrogens with zero attached hydrogens (tertiary/aromatic N) is 3. The first-order chi connectivity index (χ1) is 18.1. The topological polar surface area (TPSA) is 76.5 Å². The predicted octanol–water partition coefficient (Wildman–Crippen LogP) is 4.94. The third-order valence-electron chi connectivity index (χ3n) is 6.46. The maximum absolute atomic E-state index is 13.8. The molecule has 3 aromatic rings. The first kappa shape index (κ1) is 27.9. The number of hydrogen-bond donors (Lipinski definition) is 1. The summed E-state index contributed by atoms with van der Waals surface area (Å²) in [6.07, 6.45) is 0.680. The Kier molecular flexibility index (Phi) is 8.57. The summed E-state index contributed by atoms with van der Waals surface area (Å²) in [6, 6.07) is 14.3. The van der Waals surface area contributed by atoms with Crippen LogP contribution in [0.3, 0.4) is 0 Å². The lowest BCUT2D eigenvalue weighted by molar-refractivity contribution is -0.122. The Bertz CT molecular complexity index is 1300. The summed E-state index contributed by atoms with van der Waals surface area (Å²) in [5.41, 5.74) is 4.05. The third kappa shape index (κ3) is 5.94. The van der Waals surface area contributed by atoms with Crippen LogP contribution >= 0.6 is 11.8 Å². The Morgan fingerprint density at radius 3 is 2.55 bits per heavy atom. The Morgan fingerprint density at radius 2 is 1.89 bits per heavy atom. The zero-order valence-corrected chi connectivity index (χ0v) is 23.4. The monoisotopic (exact) mass is 538 g/mol. The van der Waals surface area contributed by atoms with E-state index in [2.05, 4.69) is 26.1 Å². The molecule has 0 aliphatic carbocycles. The van der Waals surface area contributed by atoms with Gasteiger partial charge in [-0.15, -0.1) is 11.8 Å². The van der Waals surface area contributed by atoms with Crippen LogP contribution in [0.4, 0.5) is 10.2 Å². The number of benzene rings is 2. The van der Waals surface area contributed by atoms with Gasteiger partial charge in [-0.3, -0.25) is 14.5 Å². The highest BCUT2D eigenvalue weighted by Gasteiger charge is 2.40. The number of rotatable bonds is 8. The SMILES string of the molecule is COCCCNC(=O)CN1C(=O)CSC(c2ccc(F)cc2)c2c(C(C)(C)C)nn(-c3ccccc3C)c21. The van der Waals surface area contributed by atoms with Crippen molar-refractivity contribution in [2.45, 2.75) is 44.8 Å². The fourth-order valence-electron chi connectivity index (χ4n) is 4.59. The largest absolute Gasteiger partial charge is 0.385 e. The average Bonchev–Trinajstić information content (AvgIpc) is 3.21. The molecule has 9 heteroatoms. The summed E-state index contributed by atoms with van der Waals surface area (Å²) in [6.45, 7) is 9.13. The van der Waals surface area contributed by atoms with Crippen molar-refractivity contribution in [3.05, 3.63) is 76.7 Å². The van der Waals surface area contributed by atoms with Crippen molar-refractivity contribution in [3.63, 3.8) is 0 Å². The van der Waals surface area contributed by atoms with Crippen molar-refractivity contribution < 1.29 is 18.7 Å². The minimum atomic E-state index is -0.363. The van der Waals surface area contributed by atoms with Crippen LogP contribution in [0.25, 0.3) is 5.69 Å². The number of aryl methyl sites for hydroxylation is 1. The average molecular weight is 539 g/mol. The molecule has 0 spiro atoms. The Labute approximate surface area is 227 Å². The third-order valence-corrected chi connectivity index (χ3v) is 7.72. The number of amides is 2. The summed E-state index contributed by atoms with van der Waals surface area (Å²) in [5.74, 6) is 0.0108. The zero-order valence-electron chi connectivity index (χ0n) is 22.6. The quantitative estimate of drug-likeness (QED) is 0.411. The van der Waals surface area contributed by atoms with Gasteiger partial charge >= 0.3 is 0 Å². The van der Waals surface area contributed by atoms with Gasteiger partial charge in [0.15, 0.2) is 0 Å². The highest BCUT2D eigenvalue weighted by atomic mass is 32.2. The highest BCUT2D eigenvalue weighted by molar-refractivity contribution is 8.00. The molecule has 0 saturated heterocycles. The molecule has 0 bridgehead atoms. The van der Waals surface area contributed by atoms with Gasteiger partial charge in [0.05, 0.1) is 22.4 Å². The van der Waals surface area contributed by atoms with Crippen molar-refractivity contribution in [1.82, 2.24) is 15.1 Å². The van der Waals surface area contributed by atoms with Crippen molar-refractivity contribution in [3.8, 4) is 5.69 Å². The van der Waals surface area contributed by atoms with E-state index in [0.29, 0.717) is 25.4 Å². The van der Waals surface area contributed by atoms with Gasteiger partial charge in [-0.2, -0.15) is 5.10 Å². The van der Waals surface area contributed by atoms with Gasteiger partial charge in [0.1, 0.15) is 18.2 Å². The molecule has 38 heavy (non-hydrogen) atoms. The second kappa shape index (κ2) is 11.7. The number of hydrogen-bond acceptors (Lipinski definition) is 5. The van der Waals surface area contributed by atoms with E-state index >= 15 is 0 Å². The Morgan fingerprint density at radius 1 is 1.18 bits per heavy atom. The van der Waals surface area contributed by atoms with Gasteiger partial charge in [0, 0.05) is 31.2 Å². The molecule has 2 aromatic carbocycles. The van der Waals surface area contributed by atoms with E-state index in [0.717, 1.165) is 28.1 Å². The van der Waals surface area contributed by atoms with Crippen molar-refractivity contribution >= 4 is 29.4 Å². The molecule has 1 N–H and O–H groups in total. The van der Waals surface area contributed by atoms with Crippen LogP contribution in [0.5, 0.6) is 0 Å². The summed E-state index contributed by atoms with van der Waals surface area (Å²) < 4.78 is 20.7. The number of para-hydroxylation sites is 1. The molecule has 4 rings (SSSR count). The fourth-order valence-corrected chi connectivity index (χ4v) is 5.79. The maximum atomic E-state index is 13.8. The second-order valence-electron chi connectivity index (χ2n) is 10.5. The number of anilines is 1. The number of carbonyl (C=O) groups excluding carboxylic acids is 2. The van der Waals surface area contributed by atoms with Gasteiger partial charge in [-0.05, 0) is 42.7 Å². The molecule has 1 aliphatic rings. The normalized spacial score (nSPS) is 15.8. The van der Waals surface area contributed by atoms with Crippen LogP contribution in [-0.2, 0) is 19.7 Å². The number of methoxy groups -OCH3 is 1. The molecule has 1 aliphatic heterocycles. The molecule has 0 saturated carbocycles. The lowest BCUT2D eigenvalue weighted by atomic mass is 9.87. The van der Waals surface area contributed by atoms with Gasteiger partial charge in [0.2, 0.25) is 11.8 Å². The van der Waals surface area contributed by atoms with Crippen LogP contribution < -0.4 is 10.2 Å². The fraction of sp³-hybridized carbons (Fsp3) is 0.414. The molecule has 0 radical (unpaired) electrons. The van der Waals surface area contributed by atoms with Crippen LogP contribution in [0.1, 0.15) is 54.8 Å². The van der Waals surface area contributed by atoms with E-state index in [1.807, 2.05) is 35.9 Å². The first-order valence-electron chi connectivity index (χ1n) is 12.7. The highest BCUT2D eigenvalue weighted by Crippen LogP contribution is 2.48. The first-order valence-corrected chi connectivity index (χ1v) is 13.8. The number of halogens is 1. The van der Waals surface area contributed by atoms with E-state index in [9.17, 15) is 14.0 Å². The molecule has 1 unspecified atom stereocenters. The van der Waals surface area contributed by atoms with Crippen LogP contribution in [0.15, 0.2) is 48.5 Å². The van der Waals surface area contributed by atoms with E-state index in [4.69, 9.17) is 9.84 Å². The second-order valence-corrected chi connectivity index (χ2v) is 11.5. The molecular formula is C29H35FN4O3S. The van der Waals surface area contributed by atoms with Crippen molar-refractivity contribution in [2.75, 3.05) is 37.5 Å². The minimum absolute atomic E-state index is 0.128. The van der Waals surface area contributed by atoms with Crippen LogP contribution in [-0.4, -0.2) is 54.2 Å². The Balaban J connectivity index is 1.91. The van der Waals surface area contributed by atoms with Crippen LogP contribution in [0, 0.1) is 12.7 Å². The summed E-state index contributed by atoms with van der Waals surface area (Å²) >= 11 is 1.48. The molecule has 2 heterocycles. The maximum Gasteiger partial charge on any atom is 0.240 e. The van der Waals surface area contributed by atoms with Crippen molar-refractivity contribution in [1.29, 1.82) is 0 Å². The van der Waals surface area contributed by atoms with Gasteiger partial charge in [-0.1, -0.05) is 51.1 Å². The molecule has 1 atom stereocenters. The molecule has 1 aromatic heterocycles. The number of fused-ring (bicyclic) bond motifs is 1. The predicted molar refractivity (Wildman–Crippen MR) is 150 cm³/mol. The molecule has 2 amide bonds. The van der Waals surface area contributed by atoms with E-state index in [1.165, 1.54) is 23.9 Å². The van der Waals surface area contributed by atoms with Gasteiger partial charge in [0.25, 0.3) is 0 Å². The lowest BCUT2D eigenvalue weighted by Gasteiger charge is -2.25. The molecular weight excluding hydrogens is 503 g/mol.